The summed E-state index contributed by atoms with van der Waals surface area (Å²) in [6.07, 6.45) is -0.379. The number of hydrogen-bond acceptors (Lipinski definition) is 4. The van der Waals surface area contributed by atoms with Crippen molar-refractivity contribution in [2.75, 3.05) is 5.73 Å². The van der Waals surface area contributed by atoms with Crippen LogP contribution >= 0.6 is 0 Å². The fraction of sp³-hybridized carbons (Fsp3) is 0.400. The third-order valence-electron chi connectivity index (χ3n) is 1.80. The van der Waals surface area contributed by atoms with Gasteiger partial charge in [-0.3, -0.25) is 4.18 Å². The second kappa shape index (κ2) is 4.20. The molecule has 0 fully saturated rings. The zero-order valence-electron chi connectivity index (χ0n) is 9.02. The number of rotatable bonds is 3. The lowest BCUT2D eigenvalue weighted by Crippen LogP contribution is -2.13. The van der Waals surface area contributed by atoms with E-state index < -0.39 is 10.1 Å². The van der Waals surface area contributed by atoms with Crippen molar-refractivity contribution in [2.24, 2.45) is 0 Å². The summed E-state index contributed by atoms with van der Waals surface area (Å²) < 4.78 is 28.4. The van der Waals surface area contributed by atoms with Crippen molar-refractivity contribution in [1.82, 2.24) is 0 Å². The van der Waals surface area contributed by atoms with Gasteiger partial charge in [-0.2, -0.15) is 8.42 Å². The summed E-state index contributed by atoms with van der Waals surface area (Å²) in [4.78, 5) is 0.135. The quantitative estimate of drug-likeness (QED) is 0.632. The van der Waals surface area contributed by atoms with Crippen molar-refractivity contribution in [2.45, 2.75) is 31.8 Å². The molecule has 0 atom stereocenters. The topological polar surface area (TPSA) is 69.4 Å². The van der Waals surface area contributed by atoms with E-state index in [0.29, 0.717) is 11.3 Å². The Kier molecular flexibility index (Phi) is 3.36. The van der Waals surface area contributed by atoms with E-state index in [2.05, 4.69) is 0 Å². The van der Waals surface area contributed by atoms with Crippen LogP contribution in [-0.2, 0) is 14.3 Å². The van der Waals surface area contributed by atoms with Gasteiger partial charge < -0.3 is 5.73 Å². The van der Waals surface area contributed by atoms with Gasteiger partial charge >= 0.3 is 0 Å². The van der Waals surface area contributed by atoms with E-state index in [-0.39, 0.29) is 11.0 Å². The highest BCUT2D eigenvalue weighted by molar-refractivity contribution is 7.86. The van der Waals surface area contributed by atoms with Crippen LogP contribution in [0.5, 0.6) is 0 Å². The Balaban J connectivity index is 3.21. The minimum atomic E-state index is -3.69. The first-order valence-corrected chi connectivity index (χ1v) is 6.03. The van der Waals surface area contributed by atoms with Gasteiger partial charge in [-0.1, -0.05) is 6.07 Å². The van der Waals surface area contributed by atoms with Crippen LogP contribution in [0, 0.1) is 6.92 Å². The van der Waals surface area contributed by atoms with Gasteiger partial charge in [0.05, 0.1) is 11.0 Å². The molecule has 0 saturated heterocycles. The predicted molar refractivity (Wildman–Crippen MR) is 59.0 cm³/mol. The summed E-state index contributed by atoms with van der Waals surface area (Å²) in [5, 5.41) is 0. The molecule has 0 radical (unpaired) electrons. The molecule has 0 spiro atoms. The molecular weight excluding hydrogens is 214 g/mol. The largest absolute Gasteiger partial charge is 0.399 e. The maximum atomic E-state index is 11.7. The lowest BCUT2D eigenvalue weighted by atomic mass is 10.2. The average molecular weight is 229 g/mol. The molecule has 0 bridgehead atoms. The maximum absolute atomic E-state index is 11.7. The lowest BCUT2D eigenvalue weighted by molar-refractivity contribution is 0.249. The number of benzene rings is 1. The van der Waals surface area contributed by atoms with E-state index in [1.807, 2.05) is 0 Å². The first kappa shape index (κ1) is 12.0. The Bertz CT molecular complexity index is 452. The summed E-state index contributed by atoms with van der Waals surface area (Å²) in [7, 11) is -3.69. The Morgan fingerprint density at radius 3 is 2.47 bits per heavy atom. The van der Waals surface area contributed by atoms with Crippen LogP contribution in [0.25, 0.3) is 0 Å². The molecule has 4 nitrogen and oxygen atoms in total. The Labute approximate surface area is 90.2 Å². The lowest BCUT2D eigenvalue weighted by Gasteiger charge is -2.10. The Morgan fingerprint density at radius 2 is 1.93 bits per heavy atom. The minimum absolute atomic E-state index is 0.135. The van der Waals surface area contributed by atoms with Crippen LogP contribution in [0.3, 0.4) is 0 Å². The van der Waals surface area contributed by atoms with E-state index in [4.69, 9.17) is 9.92 Å². The first-order valence-electron chi connectivity index (χ1n) is 4.62. The van der Waals surface area contributed by atoms with Crippen molar-refractivity contribution >= 4 is 15.8 Å². The molecular formula is C10H15NO3S. The SMILES string of the molecule is Cc1ccc(N)cc1S(=O)(=O)OC(C)C. The van der Waals surface area contributed by atoms with Crippen LogP contribution in [0.2, 0.25) is 0 Å². The smallest absolute Gasteiger partial charge is 0.297 e. The molecule has 2 N–H and O–H groups in total. The summed E-state index contributed by atoms with van der Waals surface area (Å²) >= 11 is 0. The predicted octanol–water partition coefficient (Wildman–Crippen LogP) is 1.69. The molecule has 1 aromatic carbocycles. The van der Waals surface area contributed by atoms with Crippen molar-refractivity contribution in [1.29, 1.82) is 0 Å². The number of hydrogen-bond donors (Lipinski definition) is 1. The first-order chi connectivity index (χ1) is 6.83. The molecule has 5 heteroatoms. The fourth-order valence-corrected chi connectivity index (χ4v) is 2.54. The van der Waals surface area contributed by atoms with Crippen molar-refractivity contribution in [3.05, 3.63) is 23.8 Å². The van der Waals surface area contributed by atoms with Gasteiger partial charge in [0, 0.05) is 5.69 Å². The molecule has 0 saturated carbocycles. The average Bonchev–Trinajstić information content (AvgIpc) is 2.06. The van der Waals surface area contributed by atoms with Crippen molar-refractivity contribution < 1.29 is 12.6 Å². The monoisotopic (exact) mass is 229 g/mol. The summed E-state index contributed by atoms with van der Waals surface area (Å²) in [6, 6.07) is 4.72. The van der Waals surface area contributed by atoms with Crippen LogP contribution < -0.4 is 5.73 Å². The molecule has 1 aromatic rings. The number of nitrogen functional groups attached to an aromatic ring is 1. The third kappa shape index (κ3) is 2.94. The highest BCUT2D eigenvalue weighted by atomic mass is 32.2. The molecule has 84 valence electrons. The van der Waals surface area contributed by atoms with E-state index >= 15 is 0 Å². The third-order valence-corrected chi connectivity index (χ3v) is 3.42. The van der Waals surface area contributed by atoms with Gasteiger partial charge in [-0.15, -0.1) is 0 Å². The molecule has 0 amide bonds. The minimum Gasteiger partial charge on any atom is -0.399 e. The highest BCUT2D eigenvalue weighted by Crippen LogP contribution is 2.21. The fourth-order valence-electron chi connectivity index (χ4n) is 1.19. The molecule has 0 aliphatic rings. The molecule has 0 aliphatic heterocycles. The van der Waals surface area contributed by atoms with Gasteiger partial charge in [0.1, 0.15) is 0 Å². The van der Waals surface area contributed by atoms with Gasteiger partial charge in [-0.05, 0) is 38.5 Å². The van der Waals surface area contributed by atoms with E-state index in [0.717, 1.165) is 0 Å². The molecule has 1 rings (SSSR count). The number of nitrogens with two attached hydrogens (primary N) is 1. The van der Waals surface area contributed by atoms with Gasteiger partial charge in [0.25, 0.3) is 10.1 Å². The normalized spacial score (nSPS) is 12.0. The van der Waals surface area contributed by atoms with Crippen LogP contribution in [0.4, 0.5) is 5.69 Å². The summed E-state index contributed by atoms with van der Waals surface area (Å²) in [5.41, 5.74) is 6.57. The van der Waals surface area contributed by atoms with Gasteiger partial charge in [0.2, 0.25) is 0 Å². The summed E-state index contributed by atoms with van der Waals surface area (Å²) in [6.45, 7) is 5.04. The Morgan fingerprint density at radius 1 is 1.33 bits per heavy atom. The van der Waals surface area contributed by atoms with E-state index in [1.54, 1.807) is 32.9 Å². The second-order valence-electron chi connectivity index (χ2n) is 3.62. The zero-order chi connectivity index (χ0) is 11.6. The van der Waals surface area contributed by atoms with Crippen molar-refractivity contribution in [3.63, 3.8) is 0 Å². The molecule has 0 aromatic heterocycles. The number of anilines is 1. The molecule has 0 aliphatic carbocycles. The standard InChI is InChI=1S/C10H15NO3S/c1-7(2)14-15(12,13)10-6-9(11)5-4-8(10)3/h4-7H,11H2,1-3H3. The van der Waals surface area contributed by atoms with Gasteiger partial charge in [-0.25, -0.2) is 0 Å². The van der Waals surface area contributed by atoms with Crippen LogP contribution in [-0.4, -0.2) is 14.5 Å². The van der Waals surface area contributed by atoms with Crippen LogP contribution in [0.1, 0.15) is 19.4 Å². The molecule has 15 heavy (non-hydrogen) atoms. The molecule has 0 unspecified atom stereocenters. The Hall–Kier alpha value is -1.07. The zero-order valence-corrected chi connectivity index (χ0v) is 9.84. The highest BCUT2D eigenvalue weighted by Gasteiger charge is 2.19. The van der Waals surface area contributed by atoms with Crippen molar-refractivity contribution in [3.8, 4) is 0 Å². The van der Waals surface area contributed by atoms with E-state index in [1.165, 1.54) is 6.07 Å². The van der Waals surface area contributed by atoms with E-state index in [9.17, 15) is 8.42 Å². The second-order valence-corrected chi connectivity index (χ2v) is 5.16. The van der Waals surface area contributed by atoms with Gasteiger partial charge in [0.15, 0.2) is 0 Å². The summed E-state index contributed by atoms with van der Waals surface area (Å²) in [5.74, 6) is 0. The molecule has 0 heterocycles. The maximum Gasteiger partial charge on any atom is 0.297 e. The number of aryl methyl sites for hydroxylation is 1. The van der Waals surface area contributed by atoms with Crippen LogP contribution in [0.15, 0.2) is 23.1 Å².